The number of aliphatic hydroxyl groups excluding tert-OH is 1. The van der Waals surface area contributed by atoms with Crippen LogP contribution < -0.4 is 5.32 Å². The Morgan fingerprint density at radius 3 is 2.15 bits per heavy atom. The normalized spacial score (nSPS) is 27.0. The van der Waals surface area contributed by atoms with E-state index in [9.17, 15) is 9.90 Å². The summed E-state index contributed by atoms with van der Waals surface area (Å²) in [5.74, 6) is -0.0665. The number of amides is 1. The fourth-order valence-electron chi connectivity index (χ4n) is 5.76. The van der Waals surface area contributed by atoms with Crippen molar-refractivity contribution in [3.05, 3.63) is 12.7 Å². The number of aromatic nitrogens is 4. The SMILES string of the molecule is CC(C)C(=O)Nc1ncnc2c1ncn2C1OC2CO[Si](C(C)C)(C(C)C)O[Si](C(C)C)(C(C)C)OC2C1O. The zero-order valence-electron chi connectivity index (χ0n) is 24.8. The number of nitrogens with zero attached hydrogens (tertiary/aromatic N) is 4. The highest BCUT2D eigenvalue weighted by molar-refractivity contribution is 6.84. The van der Waals surface area contributed by atoms with Gasteiger partial charge < -0.3 is 28.1 Å². The number of fused-ring (bicyclic) bond motifs is 2. The summed E-state index contributed by atoms with van der Waals surface area (Å²) >= 11 is 0. The first-order valence-corrected chi connectivity index (χ1v) is 18.0. The molecular formula is C26H45N5O6Si2. The second kappa shape index (κ2) is 11.3. The van der Waals surface area contributed by atoms with Gasteiger partial charge in [0, 0.05) is 5.92 Å². The van der Waals surface area contributed by atoms with E-state index in [0.29, 0.717) is 17.0 Å². The van der Waals surface area contributed by atoms with Gasteiger partial charge in [0.15, 0.2) is 23.2 Å². The summed E-state index contributed by atoms with van der Waals surface area (Å²) in [4.78, 5) is 25.4. The first-order valence-electron chi connectivity index (χ1n) is 14.1. The van der Waals surface area contributed by atoms with Crippen molar-refractivity contribution in [2.45, 2.75) is 116 Å². The zero-order valence-corrected chi connectivity index (χ0v) is 26.8. The van der Waals surface area contributed by atoms with E-state index in [1.165, 1.54) is 6.33 Å². The van der Waals surface area contributed by atoms with Crippen LogP contribution in [0.4, 0.5) is 5.82 Å². The molecule has 2 aliphatic rings. The molecule has 2 fully saturated rings. The minimum atomic E-state index is -2.92. The van der Waals surface area contributed by atoms with Crippen LogP contribution in [0, 0.1) is 5.92 Å². The van der Waals surface area contributed by atoms with Gasteiger partial charge in [-0.15, -0.1) is 0 Å². The van der Waals surface area contributed by atoms with Crippen LogP contribution in [0.25, 0.3) is 11.2 Å². The summed E-state index contributed by atoms with van der Waals surface area (Å²) in [5, 5.41) is 14.5. The maximum atomic E-state index is 12.3. The van der Waals surface area contributed by atoms with Crippen LogP contribution in [-0.4, -0.2) is 72.6 Å². The lowest BCUT2D eigenvalue weighted by molar-refractivity contribution is -0.118. The van der Waals surface area contributed by atoms with Gasteiger partial charge in [-0.3, -0.25) is 9.36 Å². The maximum absolute atomic E-state index is 12.3. The van der Waals surface area contributed by atoms with Crippen molar-refractivity contribution in [1.29, 1.82) is 0 Å². The first kappa shape index (κ1) is 30.2. The zero-order chi connectivity index (χ0) is 28.9. The highest BCUT2D eigenvalue weighted by atomic mass is 28.5. The molecule has 0 aliphatic carbocycles. The Hall–Kier alpha value is -1.75. The Bertz CT molecular complexity index is 1160. The lowest BCUT2D eigenvalue weighted by atomic mass is 10.1. The predicted molar refractivity (Wildman–Crippen MR) is 153 cm³/mol. The van der Waals surface area contributed by atoms with Crippen molar-refractivity contribution in [3.8, 4) is 0 Å². The number of ether oxygens (including phenoxy) is 1. The lowest BCUT2D eigenvalue weighted by Gasteiger charge is -2.51. The number of anilines is 1. The van der Waals surface area contributed by atoms with Crippen LogP contribution in [0.15, 0.2) is 12.7 Å². The van der Waals surface area contributed by atoms with Crippen LogP contribution in [0.5, 0.6) is 0 Å². The predicted octanol–water partition coefficient (Wildman–Crippen LogP) is 4.64. The molecule has 0 aromatic carbocycles. The van der Waals surface area contributed by atoms with Crippen molar-refractivity contribution in [2.75, 3.05) is 11.9 Å². The van der Waals surface area contributed by atoms with Gasteiger partial charge in [0.1, 0.15) is 24.6 Å². The number of rotatable bonds is 7. The largest absolute Gasteiger partial charge is 0.414 e. The van der Waals surface area contributed by atoms with Crippen LogP contribution in [0.2, 0.25) is 22.2 Å². The van der Waals surface area contributed by atoms with Crippen molar-refractivity contribution in [3.63, 3.8) is 0 Å². The van der Waals surface area contributed by atoms with Gasteiger partial charge in [-0.25, -0.2) is 15.0 Å². The smallest absolute Gasteiger partial charge is 0.335 e. The molecule has 4 atom stereocenters. The average Bonchev–Trinajstić information content (AvgIpc) is 3.39. The van der Waals surface area contributed by atoms with Gasteiger partial charge in [0.25, 0.3) is 0 Å². The molecule has 0 spiro atoms. The lowest BCUT2D eigenvalue weighted by Crippen LogP contribution is -2.65. The molecule has 0 radical (unpaired) electrons. The highest BCUT2D eigenvalue weighted by Gasteiger charge is 2.61. The molecule has 4 unspecified atom stereocenters. The fraction of sp³-hybridized carbons (Fsp3) is 0.769. The van der Waals surface area contributed by atoms with E-state index in [1.54, 1.807) is 10.9 Å². The number of hydrogen-bond donors (Lipinski definition) is 2. The Morgan fingerprint density at radius 2 is 1.59 bits per heavy atom. The third-order valence-corrected chi connectivity index (χ3v) is 18.3. The second-order valence-corrected chi connectivity index (χ2v) is 21.1. The van der Waals surface area contributed by atoms with E-state index in [1.807, 2.05) is 13.8 Å². The third kappa shape index (κ3) is 5.22. The molecule has 0 saturated carbocycles. The van der Waals surface area contributed by atoms with E-state index in [2.05, 4.69) is 75.7 Å². The highest BCUT2D eigenvalue weighted by Crippen LogP contribution is 2.48. The molecular weight excluding hydrogens is 534 g/mol. The van der Waals surface area contributed by atoms with Gasteiger partial charge in [0.2, 0.25) is 5.91 Å². The fourth-order valence-corrected chi connectivity index (χ4v) is 17.0. The van der Waals surface area contributed by atoms with Gasteiger partial charge in [-0.2, -0.15) is 0 Å². The van der Waals surface area contributed by atoms with E-state index in [4.69, 9.17) is 17.7 Å². The first-order chi connectivity index (χ1) is 18.2. The van der Waals surface area contributed by atoms with Gasteiger partial charge >= 0.3 is 17.1 Å². The molecule has 218 valence electrons. The van der Waals surface area contributed by atoms with Gasteiger partial charge in [-0.05, 0) is 22.2 Å². The van der Waals surface area contributed by atoms with Crippen molar-refractivity contribution < 1.29 is 27.6 Å². The average molecular weight is 580 g/mol. The van der Waals surface area contributed by atoms with E-state index >= 15 is 0 Å². The molecule has 2 saturated heterocycles. The Labute approximate surface area is 233 Å². The molecule has 11 nitrogen and oxygen atoms in total. The number of aliphatic hydroxyl groups is 1. The molecule has 2 aliphatic heterocycles. The number of carbonyl (C=O) groups is 1. The third-order valence-electron chi connectivity index (χ3n) is 8.04. The molecule has 0 bridgehead atoms. The summed E-state index contributed by atoms with van der Waals surface area (Å²) in [6.45, 7) is 21.2. The van der Waals surface area contributed by atoms with E-state index in [0.717, 1.165) is 0 Å². The molecule has 4 rings (SSSR count). The number of hydrogen-bond acceptors (Lipinski definition) is 9. The summed E-state index contributed by atoms with van der Waals surface area (Å²) < 4.78 is 29.2. The molecule has 2 aromatic heterocycles. The summed E-state index contributed by atoms with van der Waals surface area (Å²) in [6, 6.07) is 0. The number of carbonyl (C=O) groups excluding carboxylic acids is 1. The summed E-state index contributed by atoms with van der Waals surface area (Å²) in [6.07, 6.45) is -0.0322. The Kier molecular flexibility index (Phi) is 8.73. The summed E-state index contributed by atoms with van der Waals surface area (Å²) in [5.41, 5.74) is 1.54. The monoisotopic (exact) mass is 579 g/mol. The minimum absolute atomic E-state index is 0.129. The maximum Gasteiger partial charge on any atom is 0.335 e. The molecule has 2 N–H and O–H groups in total. The molecule has 2 aromatic rings. The number of nitrogens with one attached hydrogen (secondary N) is 1. The quantitative estimate of drug-likeness (QED) is 0.451. The summed E-state index contributed by atoms with van der Waals surface area (Å²) in [7, 11) is -5.65. The minimum Gasteiger partial charge on any atom is -0.414 e. The Balaban J connectivity index is 1.73. The van der Waals surface area contributed by atoms with Crippen LogP contribution in [-0.2, 0) is 22.5 Å². The van der Waals surface area contributed by atoms with Crippen LogP contribution in [0.3, 0.4) is 0 Å². The van der Waals surface area contributed by atoms with E-state index in [-0.39, 0.29) is 40.6 Å². The Morgan fingerprint density at radius 1 is 0.974 bits per heavy atom. The molecule has 1 amide bonds. The van der Waals surface area contributed by atoms with Gasteiger partial charge in [-0.1, -0.05) is 69.2 Å². The topological polar surface area (TPSA) is 130 Å². The van der Waals surface area contributed by atoms with Crippen molar-refractivity contribution in [2.24, 2.45) is 5.92 Å². The van der Waals surface area contributed by atoms with Crippen molar-refractivity contribution in [1.82, 2.24) is 19.5 Å². The second-order valence-electron chi connectivity index (χ2n) is 12.3. The van der Waals surface area contributed by atoms with E-state index < -0.39 is 41.7 Å². The number of imidazole rings is 1. The van der Waals surface area contributed by atoms with Crippen LogP contribution in [0.1, 0.15) is 75.5 Å². The standard InChI is InChI=1S/C26H45N5O6Si2/c1-14(2)25(33)30-23-20-24(28-12-27-23)31(13-29-20)26-21(32)22-19(35-26)11-34-38(15(3)4,16(5)6)37-39(36-22,17(7)8)18(9)10/h12-19,21-22,26,32H,11H2,1-10H3,(H,27,28,30,33). The van der Waals surface area contributed by atoms with Gasteiger partial charge in [0.05, 0.1) is 12.9 Å². The van der Waals surface area contributed by atoms with Crippen LogP contribution >= 0.6 is 0 Å². The molecule has 13 heteroatoms. The molecule has 39 heavy (non-hydrogen) atoms. The molecule has 4 heterocycles. The van der Waals surface area contributed by atoms with Crippen molar-refractivity contribution >= 4 is 40.0 Å².